The van der Waals surface area contributed by atoms with Crippen molar-refractivity contribution in [2.24, 2.45) is 5.92 Å². The van der Waals surface area contributed by atoms with E-state index in [1.54, 1.807) is 6.07 Å². The molecule has 3 heterocycles. The smallest absolute Gasteiger partial charge is 0.251 e. The molecule has 2 fully saturated rings. The van der Waals surface area contributed by atoms with E-state index in [0.29, 0.717) is 17.7 Å². The molecule has 0 aliphatic carbocycles. The number of β-amino-alcohol motifs (C(OH)–C–C–N with tert-alkyl or cyclic N) is 1. The molecule has 6 nitrogen and oxygen atoms in total. The van der Waals surface area contributed by atoms with Crippen molar-refractivity contribution in [2.75, 3.05) is 32.7 Å². The van der Waals surface area contributed by atoms with E-state index in [4.69, 9.17) is 0 Å². The van der Waals surface area contributed by atoms with Crippen LogP contribution in [0.5, 0.6) is 0 Å². The normalized spacial score (nSPS) is 21.2. The van der Waals surface area contributed by atoms with E-state index in [1.165, 1.54) is 0 Å². The van der Waals surface area contributed by atoms with Crippen LogP contribution in [0.4, 0.5) is 0 Å². The fraction of sp³-hybridized carbons (Fsp3) is 0.765. The van der Waals surface area contributed by atoms with Crippen molar-refractivity contribution >= 4 is 24.8 Å². The van der Waals surface area contributed by atoms with E-state index >= 15 is 0 Å². The van der Waals surface area contributed by atoms with Crippen molar-refractivity contribution in [2.45, 2.75) is 44.6 Å². The maximum Gasteiger partial charge on any atom is 0.251 e. The fourth-order valence-corrected chi connectivity index (χ4v) is 3.87. The van der Waals surface area contributed by atoms with Gasteiger partial charge in [0.05, 0.1) is 11.8 Å². The Morgan fingerprint density at radius 2 is 1.88 bits per heavy atom. The molecule has 0 radical (unpaired) electrons. The largest absolute Gasteiger partial charge is 0.392 e. The molecule has 2 saturated heterocycles. The van der Waals surface area contributed by atoms with Gasteiger partial charge in [-0.15, -0.1) is 24.8 Å². The summed E-state index contributed by atoms with van der Waals surface area (Å²) in [4.78, 5) is 21.2. The maximum absolute atomic E-state index is 11.6. The lowest BCUT2D eigenvalue weighted by Gasteiger charge is -2.35. The molecule has 0 aromatic carbocycles. The molecule has 0 bridgehead atoms. The first-order valence-corrected chi connectivity index (χ1v) is 8.81. The number of likely N-dealkylation sites (tertiary alicyclic amines) is 1. The van der Waals surface area contributed by atoms with Crippen LogP contribution in [-0.4, -0.2) is 58.8 Å². The number of piperidine rings is 2. The molecule has 1 aromatic rings. The number of aliphatic hydroxyl groups excluding tert-OH is 1. The Morgan fingerprint density at radius 3 is 2.48 bits per heavy atom. The van der Waals surface area contributed by atoms with Crippen LogP contribution in [0.25, 0.3) is 0 Å². The maximum atomic E-state index is 11.6. The van der Waals surface area contributed by atoms with Gasteiger partial charge in [-0.1, -0.05) is 0 Å². The molecule has 2 aliphatic heterocycles. The Labute approximate surface area is 161 Å². The summed E-state index contributed by atoms with van der Waals surface area (Å²) in [6.07, 6.45) is 3.96. The summed E-state index contributed by atoms with van der Waals surface area (Å²) < 4.78 is 0. The lowest BCUT2D eigenvalue weighted by Crippen LogP contribution is -2.43. The highest BCUT2D eigenvalue weighted by Crippen LogP contribution is 2.27. The van der Waals surface area contributed by atoms with Crippen LogP contribution in [-0.2, 0) is 0 Å². The Bertz CT molecular complexity index is 570. The lowest BCUT2D eigenvalue weighted by molar-refractivity contribution is 0.0425. The topological polar surface area (TPSA) is 81.2 Å². The second kappa shape index (κ2) is 10.5. The third kappa shape index (κ3) is 6.22. The number of aromatic amines is 1. The van der Waals surface area contributed by atoms with Crippen LogP contribution in [0.3, 0.4) is 0 Å². The van der Waals surface area contributed by atoms with Crippen molar-refractivity contribution in [1.82, 2.24) is 20.2 Å². The predicted molar refractivity (Wildman–Crippen MR) is 104 cm³/mol. The van der Waals surface area contributed by atoms with E-state index in [9.17, 15) is 9.90 Å². The zero-order valence-electron chi connectivity index (χ0n) is 14.7. The molecule has 144 valence electrons. The number of halogens is 2. The van der Waals surface area contributed by atoms with Crippen molar-refractivity contribution in [3.8, 4) is 0 Å². The Hall–Kier alpha value is -0.660. The highest BCUT2D eigenvalue weighted by Gasteiger charge is 2.27. The van der Waals surface area contributed by atoms with Gasteiger partial charge in [0.2, 0.25) is 0 Å². The number of aryl methyl sites for hydroxylation is 1. The molecule has 8 heteroatoms. The number of rotatable bonds is 4. The molecule has 3 rings (SSSR count). The molecule has 1 unspecified atom stereocenters. The summed E-state index contributed by atoms with van der Waals surface area (Å²) in [5.41, 5.74) is 0.862. The molecule has 0 saturated carbocycles. The Balaban J connectivity index is 0.00000156. The van der Waals surface area contributed by atoms with Gasteiger partial charge in [0, 0.05) is 18.5 Å². The zero-order valence-corrected chi connectivity index (χ0v) is 16.4. The monoisotopic (exact) mass is 392 g/mol. The van der Waals surface area contributed by atoms with E-state index in [2.05, 4.69) is 20.2 Å². The number of hydrogen-bond donors (Lipinski definition) is 3. The van der Waals surface area contributed by atoms with E-state index < -0.39 is 0 Å². The van der Waals surface area contributed by atoms with Gasteiger partial charge in [0.25, 0.3) is 5.56 Å². The third-order valence-electron chi connectivity index (χ3n) is 5.26. The first-order chi connectivity index (χ1) is 11.1. The van der Waals surface area contributed by atoms with E-state index in [-0.39, 0.29) is 36.5 Å². The Kier molecular flexibility index (Phi) is 9.38. The lowest BCUT2D eigenvalue weighted by atomic mass is 9.90. The summed E-state index contributed by atoms with van der Waals surface area (Å²) in [6, 6.07) is 1.64. The predicted octanol–water partition coefficient (Wildman–Crippen LogP) is 1.46. The van der Waals surface area contributed by atoms with E-state index in [0.717, 1.165) is 64.1 Å². The van der Waals surface area contributed by atoms with Gasteiger partial charge in [-0.3, -0.25) is 4.79 Å². The molecular formula is C17H30Cl2N4O2. The average Bonchev–Trinajstić information content (AvgIpc) is 2.55. The minimum absolute atomic E-state index is 0. The summed E-state index contributed by atoms with van der Waals surface area (Å²) >= 11 is 0. The summed E-state index contributed by atoms with van der Waals surface area (Å²) in [5.74, 6) is 1.49. The van der Waals surface area contributed by atoms with Gasteiger partial charge >= 0.3 is 0 Å². The highest BCUT2D eigenvalue weighted by molar-refractivity contribution is 5.85. The standard InChI is InChI=1S/C17H28N4O2.2ClH/c1-12-19-15(10-17(23)20-12)13-4-8-21(9-5-13)11-16(22)14-2-6-18-7-3-14;;/h10,13-14,16,18,22H,2-9,11H2,1H3,(H,19,20,23);2*1H. The molecule has 3 N–H and O–H groups in total. The first-order valence-electron chi connectivity index (χ1n) is 8.81. The fourth-order valence-electron chi connectivity index (χ4n) is 3.87. The summed E-state index contributed by atoms with van der Waals surface area (Å²) in [7, 11) is 0. The van der Waals surface area contributed by atoms with Crippen molar-refractivity contribution < 1.29 is 5.11 Å². The average molecular weight is 393 g/mol. The molecule has 2 aliphatic rings. The van der Waals surface area contributed by atoms with Crippen LogP contribution in [0, 0.1) is 12.8 Å². The molecule has 0 amide bonds. The van der Waals surface area contributed by atoms with Crippen molar-refractivity contribution in [1.29, 1.82) is 0 Å². The zero-order chi connectivity index (χ0) is 16.2. The first kappa shape index (κ1) is 22.4. The van der Waals surface area contributed by atoms with Crippen LogP contribution in [0.1, 0.15) is 43.1 Å². The molecule has 1 aromatic heterocycles. The van der Waals surface area contributed by atoms with Gasteiger partial charge in [0.15, 0.2) is 0 Å². The summed E-state index contributed by atoms with van der Waals surface area (Å²) in [5, 5.41) is 13.8. The van der Waals surface area contributed by atoms with Crippen molar-refractivity contribution in [3.05, 3.63) is 27.9 Å². The SMILES string of the molecule is Cc1nc(C2CCN(CC(O)C3CCNCC3)CC2)cc(=O)[nH]1.Cl.Cl. The van der Waals surface area contributed by atoms with Gasteiger partial charge in [-0.25, -0.2) is 4.98 Å². The Morgan fingerprint density at radius 1 is 1.24 bits per heavy atom. The quantitative estimate of drug-likeness (QED) is 0.722. The second-order valence-electron chi connectivity index (χ2n) is 6.99. The number of H-pyrrole nitrogens is 1. The number of nitrogens with zero attached hydrogens (tertiary/aromatic N) is 2. The van der Waals surface area contributed by atoms with Gasteiger partial charge in [-0.2, -0.15) is 0 Å². The molecular weight excluding hydrogens is 363 g/mol. The third-order valence-corrected chi connectivity index (χ3v) is 5.26. The number of hydrogen-bond acceptors (Lipinski definition) is 5. The van der Waals surface area contributed by atoms with Crippen LogP contribution in [0.15, 0.2) is 10.9 Å². The number of nitrogens with one attached hydrogen (secondary N) is 2. The van der Waals surface area contributed by atoms with Gasteiger partial charge in [-0.05, 0) is 64.7 Å². The minimum Gasteiger partial charge on any atom is -0.392 e. The second-order valence-corrected chi connectivity index (χ2v) is 6.99. The number of aliphatic hydroxyl groups is 1. The highest BCUT2D eigenvalue weighted by atomic mass is 35.5. The molecule has 0 spiro atoms. The van der Waals surface area contributed by atoms with Crippen LogP contribution in [0.2, 0.25) is 0 Å². The van der Waals surface area contributed by atoms with E-state index in [1.807, 2.05) is 6.92 Å². The molecule has 1 atom stereocenters. The molecule has 25 heavy (non-hydrogen) atoms. The van der Waals surface area contributed by atoms with Crippen molar-refractivity contribution in [3.63, 3.8) is 0 Å². The van der Waals surface area contributed by atoms with Crippen LogP contribution < -0.4 is 10.9 Å². The van der Waals surface area contributed by atoms with Gasteiger partial charge in [0.1, 0.15) is 5.82 Å². The van der Waals surface area contributed by atoms with Gasteiger partial charge < -0.3 is 20.3 Å². The van der Waals surface area contributed by atoms with Crippen LogP contribution >= 0.6 is 24.8 Å². The summed E-state index contributed by atoms with van der Waals surface area (Å²) in [6.45, 7) is 6.60. The number of aromatic nitrogens is 2. The minimum atomic E-state index is -0.214.